The van der Waals surface area contributed by atoms with Gasteiger partial charge in [0, 0.05) is 19.0 Å². The first-order chi connectivity index (χ1) is 11.1. The minimum Gasteiger partial charge on any atom is -0.440 e. The van der Waals surface area contributed by atoms with Gasteiger partial charge in [-0.3, -0.25) is 14.9 Å². The third kappa shape index (κ3) is 6.50. The first-order valence-corrected chi connectivity index (χ1v) is 6.61. The number of rotatable bonds is 6. The molecule has 0 radical (unpaired) electrons. The molecular weight excluding hydrogens is 335 g/mol. The number of amides is 2. The molecule has 11 heteroatoms. The van der Waals surface area contributed by atoms with Gasteiger partial charge in [0.05, 0.1) is 16.2 Å². The minimum absolute atomic E-state index is 0.165. The molecule has 0 aromatic heterocycles. The molecular formula is C13H14F3N3O5. The number of alkyl halides is 3. The van der Waals surface area contributed by atoms with Crippen molar-refractivity contribution in [2.24, 2.45) is 0 Å². The summed E-state index contributed by atoms with van der Waals surface area (Å²) in [6.45, 7) is -0.519. The van der Waals surface area contributed by atoms with E-state index in [4.69, 9.17) is 0 Å². The van der Waals surface area contributed by atoms with Crippen LogP contribution in [0.25, 0.3) is 0 Å². The summed E-state index contributed by atoms with van der Waals surface area (Å²) in [4.78, 5) is 32.9. The van der Waals surface area contributed by atoms with Gasteiger partial charge in [-0.25, -0.2) is 4.79 Å². The number of nitro groups is 1. The van der Waals surface area contributed by atoms with E-state index in [2.05, 4.69) is 10.1 Å². The molecule has 1 aromatic carbocycles. The van der Waals surface area contributed by atoms with Crippen LogP contribution in [0.1, 0.15) is 12.0 Å². The van der Waals surface area contributed by atoms with Gasteiger partial charge in [0.1, 0.15) is 0 Å². The molecule has 2 amide bonds. The summed E-state index contributed by atoms with van der Waals surface area (Å²) in [5.41, 5.74) is 0.323. The summed E-state index contributed by atoms with van der Waals surface area (Å²) >= 11 is 0. The van der Waals surface area contributed by atoms with Gasteiger partial charge in [-0.2, -0.15) is 13.2 Å². The van der Waals surface area contributed by atoms with Crippen molar-refractivity contribution in [3.05, 3.63) is 33.9 Å². The van der Waals surface area contributed by atoms with Crippen LogP contribution >= 0.6 is 0 Å². The van der Waals surface area contributed by atoms with Crippen LogP contribution in [-0.4, -0.2) is 36.3 Å². The number of halogens is 3. The largest absolute Gasteiger partial charge is 0.440 e. The van der Waals surface area contributed by atoms with Gasteiger partial charge in [0.15, 0.2) is 6.61 Å². The summed E-state index contributed by atoms with van der Waals surface area (Å²) in [5, 5.41) is 15.2. The Hall–Kier alpha value is -2.85. The summed E-state index contributed by atoms with van der Waals surface area (Å²) in [7, 11) is 0. The molecule has 132 valence electrons. The van der Waals surface area contributed by atoms with Gasteiger partial charge in [-0.05, 0) is 13.0 Å². The quantitative estimate of drug-likeness (QED) is 0.606. The second kappa shape index (κ2) is 8.13. The third-order valence-electron chi connectivity index (χ3n) is 2.76. The first kappa shape index (κ1) is 19.2. The summed E-state index contributed by atoms with van der Waals surface area (Å²) in [6, 6.07) is 4.14. The van der Waals surface area contributed by atoms with Crippen molar-refractivity contribution in [3.8, 4) is 0 Å². The highest BCUT2D eigenvalue weighted by Crippen LogP contribution is 2.25. The Labute approximate surface area is 134 Å². The molecule has 0 atom stereocenters. The molecule has 0 saturated carbocycles. The van der Waals surface area contributed by atoms with E-state index in [-0.39, 0.29) is 29.9 Å². The number of nitrogens with one attached hydrogen (secondary N) is 2. The molecule has 0 spiro atoms. The lowest BCUT2D eigenvalue weighted by Gasteiger charge is -2.10. The molecule has 0 bridgehead atoms. The Morgan fingerprint density at radius 2 is 2.00 bits per heavy atom. The van der Waals surface area contributed by atoms with Crippen molar-refractivity contribution >= 4 is 23.4 Å². The highest BCUT2D eigenvalue weighted by Gasteiger charge is 2.29. The van der Waals surface area contributed by atoms with Gasteiger partial charge >= 0.3 is 12.3 Å². The minimum atomic E-state index is -4.63. The van der Waals surface area contributed by atoms with Crippen LogP contribution < -0.4 is 10.6 Å². The number of hydrogen-bond donors (Lipinski definition) is 2. The van der Waals surface area contributed by atoms with Crippen molar-refractivity contribution in [3.63, 3.8) is 0 Å². The lowest BCUT2D eigenvalue weighted by atomic mass is 10.1. The monoisotopic (exact) mass is 349 g/mol. The molecule has 0 aliphatic rings. The fourth-order valence-corrected chi connectivity index (χ4v) is 1.65. The molecule has 1 aromatic rings. The van der Waals surface area contributed by atoms with Gasteiger partial charge in [0.25, 0.3) is 5.69 Å². The highest BCUT2D eigenvalue weighted by molar-refractivity contribution is 5.92. The third-order valence-corrected chi connectivity index (χ3v) is 2.76. The molecule has 0 heterocycles. The average molecular weight is 349 g/mol. The standard InChI is InChI=1S/C13H14F3N3O5/c1-8-9(3-2-4-10(8)19(22)23)18-11(20)5-6-17-12(21)24-7-13(14,15)16/h2-4H,5-7H2,1H3,(H,17,21)(H,18,20). The number of carbonyl (C=O) groups excluding carboxylic acids is 2. The Morgan fingerprint density at radius 1 is 1.33 bits per heavy atom. The Bertz CT molecular complexity index is 634. The Balaban J connectivity index is 2.44. The lowest BCUT2D eigenvalue weighted by Crippen LogP contribution is -2.31. The van der Waals surface area contributed by atoms with Gasteiger partial charge < -0.3 is 15.4 Å². The van der Waals surface area contributed by atoms with Crippen molar-refractivity contribution in [2.45, 2.75) is 19.5 Å². The van der Waals surface area contributed by atoms with E-state index in [1.54, 1.807) is 0 Å². The number of carbonyl (C=O) groups is 2. The van der Waals surface area contributed by atoms with Crippen LogP contribution in [0.5, 0.6) is 0 Å². The van der Waals surface area contributed by atoms with E-state index in [0.29, 0.717) is 0 Å². The molecule has 8 nitrogen and oxygen atoms in total. The number of alkyl carbamates (subject to hydrolysis) is 1. The summed E-state index contributed by atoms with van der Waals surface area (Å²) in [6.07, 6.45) is -6.18. The van der Waals surface area contributed by atoms with E-state index >= 15 is 0 Å². The van der Waals surface area contributed by atoms with Crippen LogP contribution in [-0.2, 0) is 9.53 Å². The zero-order valence-corrected chi connectivity index (χ0v) is 12.5. The van der Waals surface area contributed by atoms with E-state index in [1.165, 1.54) is 25.1 Å². The molecule has 2 N–H and O–H groups in total. The van der Waals surface area contributed by atoms with Crippen molar-refractivity contribution in [1.29, 1.82) is 0 Å². The topological polar surface area (TPSA) is 111 Å². The number of anilines is 1. The summed E-state index contributed by atoms with van der Waals surface area (Å²) < 4.78 is 39.3. The van der Waals surface area contributed by atoms with Crippen LogP contribution in [0.2, 0.25) is 0 Å². The maximum Gasteiger partial charge on any atom is 0.422 e. The predicted octanol–water partition coefficient (Wildman–Crippen LogP) is 2.52. The predicted molar refractivity (Wildman–Crippen MR) is 76.5 cm³/mol. The summed E-state index contributed by atoms with van der Waals surface area (Å²) in [5.74, 6) is -0.574. The van der Waals surface area contributed by atoms with Gasteiger partial charge in [-0.1, -0.05) is 6.07 Å². The van der Waals surface area contributed by atoms with E-state index in [9.17, 15) is 32.9 Å². The maximum atomic E-state index is 11.8. The zero-order chi connectivity index (χ0) is 18.3. The molecule has 1 rings (SSSR count). The molecule has 0 unspecified atom stereocenters. The molecule has 0 aliphatic carbocycles. The highest BCUT2D eigenvalue weighted by atomic mass is 19.4. The lowest BCUT2D eigenvalue weighted by molar-refractivity contribution is -0.385. The van der Waals surface area contributed by atoms with Crippen LogP contribution in [0, 0.1) is 17.0 Å². The number of hydrogen-bond acceptors (Lipinski definition) is 5. The smallest absolute Gasteiger partial charge is 0.422 e. The van der Waals surface area contributed by atoms with E-state index in [1.807, 2.05) is 5.32 Å². The molecule has 24 heavy (non-hydrogen) atoms. The molecule has 0 aliphatic heterocycles. The number of nitrogens with zero attached hydrogens (tertiary/aromatic N) is 1. The van der Waals surface area contributed by atoms with Crippen LogP contribution in [0.15, 0.2) is 18.2 Å². The Kier molecular flexibility index (Phi) is 6.50. The second-order valence-corrected chi connectivity index (χ2v) is 4.62. The fourth-order valence-electron chi connectivity index (χ4n) is 1.65. The second-order valence-electron chi connectivity index (χ2n) is 4.62. The Morgan fingerprint density at radius 3 is 2.58 bits per heavy atom. The van der Waals surface area contributed by atoms with E-state index < -0.39 is 29.7 Å². The molecule has 0 saturated heterocycles. The van der Waals surface area contributed by atoms with Crippen molar-refractivity contribution < 1.29 is 32.4 Å². The number of benzene rings is 1. The SMILES string of the molecule is Cc1c(NC(=O)CCNC(=O)OCC(F)(F)F)cccc1[N+](=O)[O-]. The van der Waals surface area contributed by atoms with Gasteiger partial charge in [0.2, 0.25) is 5.91 Å². The van der Waals surface area contributed by atoms with E-state index in [0.717, 1.165) is 0 Å². The van der Waals surface area contributed by atoms with Crippen molar-refractivity contribution in [1.82, 2.24) is 5.32 Å². The average Bonchev–Trinajstić information content (AvgIpc) is 2.46. The fraction of sp³-hybridized carbons (Fsp3) is 0.385. The number of ether oxygens (including phenoxy) is 1. The van der Waals surface area contributed by atoms with Crippen LogP contribution in [0.4, 0.5) is 29.3 Å². The zero-order valence-electron chi connectivity index (χ0n) is 12.5. The normalized spacial score (nSPS) is 10.8. The molecule has 0 fully saturated rings. The maximum absolute atomic E-state index is 11.8. The van der Waals surface area contributed by atoms with Gasteiger partial charge in [-0.15, -0.1) is 0 Å². The van der Waals surface area contributed by atoms with Crippen molar-refractivity contribution in [2.75, 3.05) is 18.5 Å². The number of nitro benzene ring substituents is 1. The van der Waals surface area contributed by atoms with Crippen LogP contribution in [0.3, 0.4) is 0 Å². The first-order valence-electron chi connectivity index (χ1n) is 6.61.